The fourth-order valence-electron chi connectivity index (χ4n) is 3.91. The van der Waals surface area contributed by atoms with Crippen molar-refractivity contribution in [3.8, 4) is 0 Å². The predicted octanol–water partition coefficient (Wildman–Crippen LogP) is 5.99. The number of fused-ring (bicyclic) bond motifs is 2. The third-order valence-corrected chi connectivity index (χ3v) is 6.44. The van der Waals surface area contributed by atoms with Gasteiger partial charge >= 0.3 is 5.97 Å². The third-order valence-electron chi connectivity index (χ3n) is 5.23. The Morgan fingerprint density at radius 3 is 2.59 bits per heavy atom. The number of esters is 1. The molecule has 0 saturated heterocycles. The molecule has 1 aliphatic rings. The Bertz CT molecular complexity index is 1060. The lowest BCUT2D eigenvalue weighted by Gasteiger charge is -2.12. The van der Waals surface area contributed by atoms with Gasteiger partial charge in [0.25, 0.3) is 5.91 Å². The zero-order valence-corrected chi connectivity index (χ0v) is 17.6. The quantitative estimate of drug-likeness (QED) is 0.427. The van der Waals surface area contributed by atoms with Crippen molar-refractivity contribution in [2.75, 3.05) is 5.32 Å². The van der Waals surface area contributed by atoms with Crippen molar-refractivity contribution < 1.29 is 14.3 Å². The molecule has 0 spiro atoms. The smallest absolute Gasteiger partial charge is 0.341 e. The lowest BCUT2D eigenvalue weighted by molar-refractivity contribution is 0.0378. The Morgan fingerprint density at radius 2 is 1.76 bits per heavy atom. The minimum absolute atomic E-state index is 0.197. The summed E-state index contributed by atoms with van der Waals surface area (Å²) in [6.07, 6.45) is 4.94. The number of hydrogen-bond donors (Lipinski definition) is 1. The zero-order chi connectivity index (χ0) is 20.4. The van der Waals surface area contributed by atoms with Crippen molar-refractivity contribution in [2.24, 2.45) is 0 Å². The highest BCUT2D eigenvalue weighted by atomic mass is 32.1. The van der Waals surface area contributed by atoms with E-state index in [-0.39, 0.29) is 18.0 Å². The van der Waals surface area contributed by atoms with Gasteiger partial charge in [-0.25, -0.2) is 4.79 Å². The molecule has 0 saturated carbocycles. The van der Waals surface area contributed by atoms with Crippen molar-refractivity contribution in [1.29, 1.82) is 0 Å². The summed E-state index contributed by atoms with van der Waals surface area (Å²) in [5, 5.41) is 5.56. The highest BCUT2D eigenvalue weighted by Crippen LogP contribution is 2.38. The number of rotatable bonds is 4. The molecule has 4 nitrogen and oxygen atoms in total. The van der Waals surface area contributed by atoms with Crippen LogP contribution in [0.25, 0.3) is 10.8 Å². The van der Waals surface area contributed by atoms with Crippen LogP contribution < -0.4 is 5.32 Å². The van der Waals surface area contributed by atoms with E-state index < -0.39 is 0 Å². The maximum Gasteiger partial charge on any atom is 0.341 e. The lowest BCUT2D eigenvalue weighted by atomic mass is 10.0. The molecule has 1 aromatic heterocycles. The highest BCUT2D eigenvalue weighted by Gasteiger charge is 2.27. The summed E-state index contributed by atoms with van der Waals surface area (Å²) in [6.45, 7) is 3.69. The molecule has 5 heteroatoms. The van der Waals surface area contributed by atoms with E-state index in [0.717, 1.165) is 48.4 Å². The van der Waals surface area contributed by atoms with Gasteiger partial charge in [-0.1, -0.05) is 42.8 Å². The Kier molecular flexibility index (Phi) is 5.67. The van der Waals surface area contributed by atoms with E-state index in [4.69, 9.17) is 4.74 Å². The van der Waals surface area contributed by atoms with E-state index >= 15 is 0 Å². The van der Waals surface area contributed by atoms with Gasteiger partial charge in [-0.3, -0.25) is 4.79 Å². The van der Waals surface area contributed by atoms with Crippen LogP contribution in [0.15, 0.2) is 42.5 Å². The number of benzene rings is 2. The molecule has 1 aliphatic carbocycles. The second-order valence-corrected chi connectivity index (χ2v) is 8.81. The fourth-order valence-corrected chi connectivity index (χ4v) is 5.19. The first-order valence-electron chi connectivity index (χ1n) is 10.2. The van der Waals surface area contributed by atoms with Crippen molar-refractivity contribution in [3.05, 3.63) is 64.0 Å². The molecule has 0 unspecified atom stereocenters. The normalized spacial score (nSPS) is 13.8. The van der Waals surface area contributed by atoms with Crippen LogP contribution in [0.3, 0.4) is 0 Å². The first-order chi connectivity index (χ1) is 14.0. The average molecular weight is 408 g/mol. The maximum absolute atomic E-state index is 13.1. The number of anilines is 1. The predicted molar refractivity (Wildman–Crippen MR) is 118 cm³/mol. The van der Waals surface area contributed by atoms with Gasteiger partial charge in [-0.2, -0.15) is 0 Å². The van der Waals surface area contributed by atoms with E-state index in [1.165, 1.54) is 16.2 Å². The Balaban J connectivity index is 1.72. The minimum atomic E-state index is -0.340. The fraction of sp³-hybridized carbons (Fsp3) is 0.333. The maximum atomic E-state index is 13.1. The average Bonchev–Trinajstić information content (AvgIpc) is 2.87. The first-order valence-corrected chi connectivity index (χ1v) is 11.0. The summed E-state index contributed by atoms with van der Waals surface area (Å²) in [5.74, 6) is -0.538. The number of carbonyl (C=O) groups is 2. The van der Waals surface area contributed by atoms with Gasteiger partial charge in [-0.05, 0) is 61.9 Å². The highest BCUT2D eigenvalue weighted by molar-refractivity contribution is 7.17. The van der Waals surface area contributed by atoms with Crippen molar-refractivity contribution in [1.82, 2.24) is 0 Å². The minimum Gasteiger partial charge on any atom is -0.459 e. The molecule has 1 N–H and O–H groups in total. The number of aryl methyl sites for hydroxylation is 1. The van der Waals surface area contributed by atoms with Crippen LogP contribution >= 0.6 is 11.3 Å². The monoisotopic (exact) mass is 407 g/mol. The molecule has 1 amide bonds. The molecule has 1 heterocycles. The molecular weight excluding hydrogens is 382 g/mol. The van der Waals surface area contributed by atoms with Gasteiger partial charge in [0.2, 0.25) is 0 Å². The van der Waals surface area contributed by atoms with Crippen LogP contribution in [0, 0.1) is 0 Å². The van der Waals surface area contributed by atoms with Crippen LogP contribution in [0.4, 0.5) is 5.00 Å². The molecular formula is C24H25NO3S. The second-order valence-electron chi connectivity index (χ2n) is 7.70. The summed E-state index contributed by atoms with van der Waals surface area (Å²) in [6, 6.07) is 13.5. The number of carbonyl (C=O) groups excluding carboxylic acids is 2. The lowest BCUT2D eigenvalue weighted by Crippen LogP contribution is -2.17. The summed E-state index contributed by atoms with van der Waals surface area (Å²) < 4.78 is 5.52. The Hall–Kier alpha value is -2.66. The van der Waals surface area contributed by atoms with Crippen LogP contribution in [-0.4, -0.2) is 18.0 Å². The van der Waals surface area contributed by atoms with Crippen molar-refractivity contribution in [2.45, 2.75) is 52.1 Å². The van der Waals surface area contributed by atoms with E-state index in [0.29, 0.717) is 16.1 Å². The number of ether oxygens (including phenoxy) is 1. The summed E-state index contributed by atoms with van der Waals surface area (Å²) in [4.78, 5) is 27.2. The van der Waals surface area contributed by atoms with Gasteiger partial charge < -0.3 is 10.1 Å². The molecule has 29 heavy (non-hydrogen) atoms. The number of thiophene rings is 1. The van der Waals surface area contributed by atoms with Gasteiger partial charge in [0.05, 0.1) is 11.7 Å². The van der Waals surface area contributed by atoms with Gasteiger partial charge in [0.15, 0.2) is 0 Å². The van der Waals surface area contributed by atoms with Crippen molar-refractivity contribution in [3.63, 3.8) is 0 Å². The largest absolute Gasteiger partial charge is 0.459 e. The van der Waals surface area contributed by atoms with Crippen LogP contribution in [0.5, 0.6) is 0 Å². The molecule has 0 radical (unpaired) electrons. The molecule has 0 bridgehead atoms. The SMILES string of the molecule is CC(C)OC(=O)c1c(NC(=O)c2cccc3ccccc23)sc2c1CCCCC2. The van der Waals surface area contributed by atoms with E-state index in [9.17, 15) is 9.59 Å². The molecule has 2 aromatic carbocycles. The number of nitrogens with one attached hydrogen (secondary N) is 1. The van der Waals surface area contributed by atoms with E-state index in [1.807, 2.05) is 56.3 Å². The first kappa shape index (κ1) is 19.6. The van der Waals surface area contributed by atoms with Crippen LogP contribution in [0.1, 0.15) is 64.3 Å². The Morgan fingerprint density at radius 1 is 1.00 bits per heavy atom. The molecule has 0 fully saturated rings. The van der Waals surface area contributed by atoms with Crippen molar-refractivity contribution >= 4 is 39.0 Å². The van der Waals surface area contributed by atoms with Crippen LogP contribution in [0.2, 0.25) is 0 Å². The number of hydrogen-bond acceptors (Lipinski definition) is 4. The van der Waals surface area contributed by atoms with E-state index in [1.54, 1.807) is 0 Å². The molecule has 0 atom stereocenters. The molecule has 150 valence electrons. The third kappa shape index (κ3) is 4.06. The van der Waals surface area contributed by atoms with Gasteiger partial charge in [0.1, 0.15) is 5.00 Å². The molecule has 0 aliphatic heterocycles. The van der Waals surface area contributed by atoms with Crippen LogP contribution in [-0.2, 0) is 17.6 Å². The number of amides is 1. The summed E-state index contributed by atoms with van der Waals surface area (Å²) >= 11 is 1.53. The van der Waals surface area contributed by atoms with Gasteiger partial charge in [-0.15, -0.1) is 11.3 Å². The standard InChI is InChI=1S/C24H25NO3S/c1-15(2)28-24(27)21-19-12-4-3-5-14-20(19)29-23(21)25-22(26)18-13-8-10-16-9-6-7-11-17(16)18/h6-11,13,15H,3-5,12,14H2,1-2H3,(H,25,26). The van der Waals surface area contributed by atoms with Gasteiger partial charge in [0, 0.05) is 10.4 Å². The Labute approximate surface area is 174 Å². The zero-order valence-electron chi connectivity index (χ0n) is 16.8. The van der Waals surface area contributed by atoms with E-state index in [2.05, 4.69) is 5.32 Å². The second kappa shape index (κ2) is 8.37. The topological polar surface area (TPSA) is 55.4 Å². The molecule has 4 rings (SSSR count). The summed E-state index contributed by atoms with van der Waals surface area (Å²) in [7, 11) is 0. The summed E-state index contributed by atoms with van der Waals surface area (Å²) in [5.41, 5.74) is 2.22. The molecule has 3 aromatic rings.